The Morgan fingerprint density at radius 2 is 2.05 bits per heavy atom. The van der Waals surface area contributed by atoms with E-state index in [1.807, 2.05) is 25.1 Å². The summed E-state index contributed by atoms with van der Waals surface area (Å²) in [6.07, 6.45) is 0. The number of nitro groups is 1. The highest BCUT2D eigenvalue weighted by molar-refractivity contribution is 6.30. The first-order chi connectivity index (χ1) is 9.99. The Bertz CT molecular complexity index is 664. The van der Waals surface area contributed by atoms with E-state index in [-0.39, 0.29) is 18.2 Å². The topological polar surface area (TPSA) is 55.2 Å². The highest BCUT2D eigenvalue weighted by Gasteiger charge is 2.17. The van der Waals surface area contributed by atoms with E-state index in [0.29, 0.717) is 5.02 Å². The molecule has 0 spiro atoms. The molecule has 2 aromatic rings. The van der Waals surface area contributed by atoms with Gasteiger partial charge in [-0.25, -0.2) is 0 Å². The van der Waals surface area contributed by atoms with Gasteiger partial charge < -0.3 is 5.32 Å². The molecule has 2 aromatic carbocycles. The van der Waals surface area contributed by atoms with Crippen LogP contribution in [-0.2, 0) is 6.54 Å². The lowest BCUT2D eigenvalue weighted by Gasteiger charge is -2.15. The zero-order chi connectivity index (χ0) is 15.4. The van der Waals surface area contributed by atoms with Crippen molar-refractivity contribution in [2.75, 3.05) is 0 Å². The van der Waals surface area contributed by atoms with Crippen LogP contribution < -0.4 is 5.32 Å². The maximum absolute atomic E-state index is 13.9. The minimum Gasteiger partial charge on any atom is -0.306 e. The Kier molecular flexibility index (Phi) is 4.88. The van der Waals surface area contributed by atoms with Crippen molar-refractivity contribution in [3.8, 4) is 0 Å². The molecule has 2 rings (SSSR count). The van der Waals surface area contributed by atoms with E-state index in [0.717, 1.165) is 11.6 Å². The van der Waals surface area contributed by atoms with Crippen LogP contribution >= 0.6 is 11.6 Å². The van der Waals surface area contributed by atoms with E-state index in [1.165, 1.54) is 12.1 Å². The summed E-state index contributed by atoms with van der Waals surface area (Å²) in [7, 11) is 0. The zero-order valence-corrected chi connectivity index (χ0v) is 12.1. The molecule has 0 fully saturated rings. The van der Waals surface area contributed by atoms with Gasteiger partial charge in [0.1, 0.15) is 0 Å². The molecule has 0 aliphatic carbocycles. The molecule has 0 amide bonds. The largest absolute Gasteiger partial charge is 0.306 e. The van der Waals surface area contributed by atoms with Gasteiger partial charge in [-0.1, -0.05) is 35.9 Å². The summed E-state index contributed by atoms with van der Waals surface area (Å²) >= 11 is 5.92. The predicted molar refractivity (Wildman–Crippen MR) is 79.8 cm³/mol. The van der Waals surface area contributed by atoms with Crippen LogP contribution in [0.2, 0.25) is 5.02 Å². The van der Waals surface area contributed by atoms with Crippen molar-refractivity contribution in [2.45, 2.75) is 19.5 Å². The van der Waals surface area contributed by atoms with Crippen LogP contribution in [0.4, 0.5) is 10.1 Å². The average Bonchev–Trinajstić information content (AvgIpc) is 2.45. The second-order valence-electron chi connectivity index (χ2n) is 4.66. The van der Waals surface area contributed by atoms with Crippen molar-refractivity contribution in [2.24, 2.45) is 0 Å². The standard InChI is InChI=1S/C15H14ClFN2O2/c1-10(11-4-2-6-13(16)8-11)18-9-12-5-3-7-14(15(12)17)19(20)21/h2-8,10,18H,9H2,1H3/t10-/m1/s1. The molecule has 0 aromatic heterocycles. The van der Waals surface area contributed by atoms with Gasteiger partial charge in [-0.2, -0.15) is 4.39 Å². The summed E-state index contributed by atoms with van der Waals surface area (Å²) in [5.41, 5.74) is 0.719. The molecule has 110 valence electrons. The van der Waals surface area contributed by atoms with Crippen molar-refractivity contribution in [3.63, 3.8) is 0 Å². The molecule has 1 N–H and O–H groups in total. The summed E-state index contributed by atoms with van der Waals surface area (Å²) in [6.45, 7) is 2.11. The lowest BCUT2D eigenvalue weighted by Crippen LogP contribution is -2.19. The molecule has 0 heterocycles. The van der Waals surface area contributed by atoms with E-state index in [9.17, 15) is 14.5 Å². The highest BCUT2D eigenvalue weighted by Crippen LogP contribution is 2.22. The van der Waals surface area contributed by atoms with Gasteiger partial charge in [0.15, 0.2) is 0 Å². The Hall–Kier alpha value is -1.98. The normalized spacial score (nSPS) is 12.1. The summed E-state index contributed by atoms with van der Waals surface area (Å²) in [6, 6.07) is 11.4. The Morgan fingerprint density at radius 3 is 2.71 bits per heavy atom. The number of nitrogens with zero attached hydrogens (tertiary/aromatic N) is 1. The molecule has 0 unspecified atom stereocenters. The van der Waals surface area contributed by atoms with E-state index >= 15 is 0 Å². The molecule has 0 saturated carbocycles. The second kappa shape index (κ2) is 6.65. The van der Waals surface area contributed by atoms with Crippen LogP contribution in [0.25, 0.3) is 0 Å². The van der Waals surface area contributed by atoms with Gasteiger partial charge in [0.25, 0.3) is 0 Å². The molecule has 0 radical (unpaired) electrons. The predicted octanol–water partition coefficient (Wildman–Crippen LogP) is 4.24. The van der Waals surface area contributed by atoms with E-state index in [4.69, 9.17) is 11.6 Å². The Morgan fingerprint density at radius 1 is 1.33 bits per heavy atom. The highest BCUT2D eigenvalue weighted by atomic mass is 35.5. The van der Waals surface area contributed by atoms with Crippen molar-refractivity contribution in [1.82, 2.24) is 5.32 Å². The fourth-order valence-corrected chi connectivity index (χ4v) is 2.20. The smallest absolute Gasteiger partial charge is 0.305 e. The molecule has 21 heavy (non-hydrogen) atoms. The van der Waals surface area contributed by atoms with E-state index < -0.39 is 16.4 Å². The van der Waals surface area contributed by atoms with E-state index in [2.05, 4.69) is 5.32 Å². The van der Waals surface area contributed by atoms with Crippen LogP contribution in [0, 0.1) is 15.9 Å². The van der Waals surface area contributed by atoms with Gasteiger partial charge in [0, 0.05) is 29.2 Å². The molecule has 0 aliphatic rings. The van der Waals surface area contributed by atoms with Gasteiger partial charge in [0.05, 0.1) is 4.92 Å². The number of nitrogens with one attached hydrogen (secondary N) is 1. The third-order valence-corrected chi connectivity index (χ3v) is 3.44. The molecule has 0 bridgehead atoms. The monoisotopic (exact) mass is 308 g/mol. The molecule has 6 heteroatoms. The maximum Gasteiger partial charge on any atom is 0.305 e. The van der Waals surface area contributed by atoms with Crippen LogP contribution in [0.1, 0.15) is 24.1 Å². The summed E-state index contributed by atoms with van der Waals surface area (Å²) in [5, 5.41) is 14.5. The minimum atomic E-state index is -0.798. The maximum atomic E-state index is 13.9. The minimum absolute atomic E-state index is 0.0534. The Labute approximate surface area is 126 Å². The first-order valence-corrected chi connectivity index (χ1v) is 6.77. The van der Waals surface area contributed by atoms with Crippen LogP contribution in [0.15, 0.2) is 42.5 Å². The first-order valence-electron chi connectivity index (χ1n) is 6.39. The molecule has 4 nitrogen and oxygen atoms in total. The van der Waals surface area contributed by atoms with Crippen molar-refractivity contribution in [1.29, 1.82) is 0 Å². The number of hydrogen-bond donors (Lipinski definition) is 1. The fraction of sp³-hybridized carbons (Fsp3) is 0.200. The van der Waals surface area contributed by atoms with Crippen molar-refractivity contribution in [3.05, 3.63) is 74.5 Å². The quantitative estimate of drug-likeness (QED) is 0.664. The van der Waals surface area contributed by atoms with Crippen molar-refractivity contribution >= 4 is 17.3 Å². The van der Waals surface area contributed by atoms with E-state index in [1.54, 1.807) is 6.07 Å². The van der Waals surface area contributed by atoms with Crippen LogP contribution in [-0.4, -0.2) is 4.92 Å². The summed E-state index contributed by atoms with van der Waals surface area (Å²) in [5.74, 6) is -0.798. The number of rotatable bonds is 5. The number of benzene rings is 2. The second-order valence-corrected chi connectivity index (χ2v) is 5.10. The number of halogens is 2. The van der Waals surface area contributed by atoms with Crippen LogP contribution in [0.5, 0.6) is 0 Å². The molecular weight excluding hydrogens is 295 g/mol. The van der Waals surface area contributed by atoms with Gasteiger partial charge in [0.2, 0.25) is 5.82 Å². The zero-order valence-electron chi connectivity index (χ0n) is 11.3. The van der Waals surface area contributed by atoms with Crippen molar-refractivity contribution < 1.29 is 9.31 Å². The lowest BCUT2D eigenvalue weighted by molar-refractivity contribution is -0.387. The third-order valence-electron chi connectivity index (χ3n) is 3.20. The third kappa shape index (κ3) is 3.77. The Balaban J connectivity index is 2.10. The van der Waals surface area contributed by atoms with Gasteiger partial charge in [-0.3, -0.25) is 10.1 Å². The van der Waals surface area contributed by atoms with Gasteiger partial charge >= 0.3 is 5.69 Å². The molecule has 0 saturated heterocycles. The summed E-state index contributed by atoms with van der Waals surface area (Å²) < 4.78 is 13.9. The lowest BCUT2D eigenvalue weighted by atomic mass is 10.1. The molecule has 0 aliphatic heterocycles. The average molecular weight is 309 g/mol. The molecular formula is C15H14ClFN2O2. The molecule has 1 atom stereocenters. The number of nitro benzene ring substituents is 1. The summed E-state index contributed by atoms with van der Waals surface area (Å²) in [4.78, 5) is 9.98. The number of hydrogen-bond acceptors (Lipinski definition) is 3. The fourth-order valence-electron chi connectivity index (χ4n) is 2.00. The first kappa shape index (κ1) is 15.4. The SMILES string of the molecule is C[C@@H](NCc1cccc([N+](=O)[O-])c1F)c1cccc(Cl)c1. The van der Waals surface area contributed by atoms with Crippen LogP contribution in [0.3, 0.4) is 0 Å². The van der Waals surface area contributed by atoms with Gasteiger partial charge in [-0.15, -0.1) is 0 Å². The van der Waals surface area contributed by atoms with Gasteiger partial charge in [-0.05, 0) is 24.6 Å².